The van der Waals surface area contributed by atoms with Crippen molar-refractivity contribution in [2.24, 2.45) is 10.4 Å². The van der Waals surface area contributed by atoms with Gasteiger partial charge in [0.05, 0.1) is 6.10 Å². The lowest BCUT2D eigenvalue weighted by Crippen LogP contribution is -2.45. The lowest BCUT2D eigenvalue weighted by molar-refractivity contribution is 0.0205. The molecule has 0 saturated heterocycles. The number of nitrogens with zero attached hydrogens (tertiary/aromatic N) is 1. The third kappa shape index (κ3) is 7.98. The highest BCUT2D eigenvalue weighted by atomic mass is 127. The fourth-order valence-electron chi connectivity index (χ4n) is 2.12. The van der Waals surface area contributed by atoms with Gasteiger partial charge in [-0.25, -0.2) is 0 Å². The maximum absolute atomic E-state index is 5.54. The van der Waals surface area contributed by atoms with Crippen LogP contribution in [0, 0.1) is 5.41 Å². The number of hydrogen-bond acceptors (Lipinski definition) is 2. The Morgan fingerprint density at radius 3 is 2.32 bits per heavy atom. The molecule has 1 aromatic carbocycles. The molecule has 2 N–H and O–H groups in total. The number of rotatable bonds is 6. The van der Waals surface area contributed by atoms with E-state index in [4.69, 9.17) is 4.74 Å². The van der Waals surface area contributed by atoms with Crippen molar-refractivity contribution in [2.75, 3.05) is 27.2 Å². The monoisotopic (exact) mass is 419 g/mol. The van der Waals surface area contributed by atoms with E-state index in [0.29, 0.717) is 0 Å². The summed E-state index contributed by atoms with van der Waals surface area (Å²) in [6.07, 6.45) is 1.12. The van der Waals surface area contributed by atoms with Gasteiger partial charge in [0.15, 0.2) is 5.96 Å². The summed E-state index contributed by atoms with van der Waals surface area (Å²) in [4.78, 5) is 4.25. The third-order valence-corrected chi connectivity index (χ3v) is 3.48. The second-order valence-corrected chi connectivity index (χ2v) is 6.21. The number of benzene rings is 1. The maximum atomic E-state index is 5.54. The van der Waals surface area contributed by atoms with E-state index >= 15 is 0 Å². The summed E-state index contributed by atoms with van der Waals surface area (Å²) in [6.45, 7) is 8.12. The highest BCUT2D eigenvalue weighted by Gasteiger charge is 2.24. The van der Waals surface area contributed by atoms with E-state index in [0.717, 1.165) is 25.5 Å². The number of halogens is 1. The Morgan fingerprint density at radius 1 is 1.18 bits per heavy atom. The van der Waals surface area contributed by atoms with Crippen LogP contribution in [-0.2, 0) is 11.2 Å². The van der Waals surface area contributed by atoms with E-state index in [2.05, 4.69) is 60.7 Å². The van der Waals surface area contributed by atoms with Crippen LogP contribution in [-0.4, -0.2) is 39.3 Å². The van der Waals surface area contributed by atoms with Crippen molar-refractivity contribution < 1.29 is 4.74 Å². The molecule has 0 aromatic heterocycles. The average Bonchev–Trinajstić information content (AvgIpc) is 2.45. The number of nitrogens with one attached hydrogen (secondary N) is 2. The summed E-state index contributed by atoms with van der Waals surface area (Å²) in [6, 6.07) is 10.4. The van der Waals surface area contributed by atoms with Gasteiger partial charge in [-0.3, -0.25) is 4.99 Å². The number of hydrogen-bond donors (Lipinski definition) is 2. The van der Waals surface area contributed by atoms with Crippen LogP contribution in [0.2, 0.25) is 0 Å². The molecule has 22 heavy (non-hydrogen) atoms. The smallest absolute Gasteiger partial charge is 0.191 e. The Balaban J connectivity index is 0.00000441. The minimum Gasteiger partial charge on any atom is -0.379 e. The standard InChI is InChI=1S/C17H29N3O.HI/c1-17(2,3)15(21-5)13-20-16(18-4)19-12-11-14-9-7-6-8-10-14;/h6-10,15H,11-13H2,1-5H3,(H2,18,19,20);1H. The van der Waals surface area contributed by atoms with Crippen molar-refractivity contribution >= 4 is 29.9 Å². The zero-order chi connectivity index (χ0) is 15.7. The van der Waals surface area contributed by atoms with Gasteiger partial charge < -0.3 is 15.4 Å². The molecule has 0 saturated carbocycles. The minimum absolute atomic E-state index is 0. The van der Waals surface area contributed by atoms with Crippen LogP contribution in [0.25, 0.3) is 0 Å². The molecule has 0 aliphatic rings. The SMILES string of the molecule is CN=C(NCCc1ccccc1)NCC(OC)C(C)(C)C.I. The first-order valence-electron chi connectivity index (χ1n) is 7.48. The molecule has 5 heteroatoms. The van der Waals surface area contributed by atoms with Crippen LogP contribution in [0.4, 0.5) is 0 Å². The van der Waals surface area contributed by atoms with E-state index < -0.39 is 0 Å². The molecule has 126 valence electrons. The lowest BCUT2D eigenvalue weighted by Gasteiger charge is -2.30. The average molecular weight is 419 g/mol. The predicted octanol–water partition coefficient (Wildman–Crippen LogP) is 3.07. The van der Waals surface area contributed by atoms with E-state index in [-0.39, 0.29) is 35.5 Å². The molecule has 1 rings (SSSR count). The van der Waals surface area contributed by atoms with Gasteiger partial charge in [-0.2, -0.15) is 0 Å². The molecular formula is C17H30IN3O. The molecule has 1 aromatic rings. The number of guanidine groups is 1. The molecule has 0 aliphatic heterocycles. The first-order valence-corrected chi connectivity index (χ1v) is 7.48. The minimum atomic E-state index is 0. The molecule has 4 nitrogen and oxygen atoms in total. The summed E-state index contributed by atoms with van der Waals surface area (Å²) in [5, 5.41) is 6.66. The van der Waals surface area contributed by atoms with Gasteiger partial charge in [0.25, 0.3) is 0 Å². The maximum Gasteiger partial charge on any atom is 0.191 e. The summed E-state index contributed by atoms with van der Waals surface area (Å²) in [7, 11) is 3.54. The highest BCUT2D eigenvalue weighted by Crippen LogP contribution is 2.20. The summed E-state index contributed by atoms with van der Waals surface area (Å²) in [5.41, 5.74) is 1.43. The van der Waals surface area contributed by atoms with Crippen LogP contribution < -0.4 is 10.6 Å². The molecule has 1 unspecified atom stereocenters. The molecule has 0 spiro atoms. The van der Waals surface area contributed by atoms with E-state index in [1.54, 1.807) is 14.2 Å². The normalized spacial score (nSPS) is 13.2. The molecule has 0 radical (unpaired) electrons. The van der Waals surface area contributed by atoms with Crippen molar-refractivity contribution in [2.45, 2.75) is 33.3 Å². The largest absolute Gasteiger partial charge is 0.379 e. The molecule has 0 heterocycles. The summed E-state index contributed by atoms with van der Waals surface area (Å²) >= 11 is 0. The van der Waals surface area contributed by atoms with Gasteiger partial charge in [-0.15, -0.1) is 24.0 Å². The molecule has 0 amide bonds. The first kappa shape index (κ1) is 21.2. The van der Waals surface area contributed by atoms with Crippen LogP contribution in [0.5, 0.6) is 0 Å². The van der Waals surface area contributed by atoms with Gasteiger partial charge in [-0.1, -0.05) is 51.1 Å². The van der Waals surface area contributed by atoms with Crippen LogP contribution in [0.1, 0.15) is 26.3 Å². The number of methoxy groups -OCH3 is 1. The molecular weight excluding hydrogens is 389 g/mol. The third-order valence-electron chi connectivity index (χ3n) is 3.48. The quantitative estimate of drug-likeness (QED) is 0.423. The van der Waals surface area contributed by atoms with Gasteiger partial charge in [-0.05, 0) is 17.4 Å². The zero-order valence-electron chi connectivity index (χ0n) is 14.3. The highest BCUT2D eigenvalue weighted by molar-refractivity contribution is 14.0. The van der Waals surface area contributed by atoms with Crippen molar-refractivity contribution in [3.63, 3.8) is 0 Å². The predicted molar refractivity (Wildman–Crippen MR) is 105 cm³/mol. The van der Waals surface area contributed by atoms with Crippen molar-refractivity contribution in [3.05, 3.63) is 35.9 Å². The van der Waals surface area contributed by atoms with Crippen molar-refractivity contribution in [1.29, 1.82) is 0 Å². The fraction of sp³-hybridized carbons (Fsp3) is 0.588. The molecule has 0 bridgehead atoms. The summed E-state index contributed by atoms with van der Waals surface area (Å²) in [5.74, 6) is 0.817. The van der Waals surface area contributed by atoms with Crippen LogP contribution in [0.3, 0.4) is 0 Å². The molecule has 0 fully saturated rings. The number of aliphatic imine (C=N–C) groups is 1. The summed E-state index contributed by atoms with van der Waals surface area (Å²) < 4.78 is 5.54. The van der Waals surface area contributed by atoms with E-state index in [1.165, 1.54) is 5.56 Å². The topological polar surface area (TPSA) is 45.7 Å². The Morgan fingerprint density at radius 2 is 1.82 bits per heavy atom. The Bertz CT molecular complexity index is 429. The van der Waals surface area contributed by atoms with Gasteiger partial charge in [0.1, 0.15) is 0 Å². The van der Waals surface area contributed by atoms with Crippen LogP contribution >= 0.6 is 24.0 Å². The van der Waals surface area contributed by atoms with Crippen molar-refractivity contribution in [3.8, 4) is 0 Å². The Kier molecular flexibility index (Phi) is 10.4. The van der Waals surface area contributed by atoms with E-state index in [9.17, 15) is 0 Å². The number of ether oxygens (including phenoxy) is 1. The Labute approximate surface area is 152 Å². The molecule has 1 atom stereocenters. The second-order valence-electron chi connectivity index (χ2n) is 6.21. The van der Waals surface area contributed by atoms with Gasteiger partial charge in [0, 0.05) is 27.2 Å². The lowest BCUT2D eigenvalue weighted by atomic mass is 9.89. The van der Waals surface area contributed by atoms with Gasteiger partial charge >= 0.3 is 0 Å². The zero-order valence-corrected chi connectivity index (χ0v) is 16.7. The van der Waals surface area contributed by atoms with Crippen molar-refractivity contribution in [1.82, 2.24) is 10.6 Å². The van der Waals surface area contributed by atoms with E-state index in [1.807, 2.05) is 6.07 Å². The first-order chi connectivity index (χ1) is 9.97. The van der Waals surface area contributed by atoms with Crippen LogP contribution in [0.15, 0.2) is 35.3 Å². The van der Waals surface area contributed by atoms with Gasteiger partial charge in [0.2, 0.25) is 0 Å². The fourth-order valence-corrected chi connectivity index (χ4v) is 2.12. The second kappa shape index (κ2) is 10.8. The Hall–Kier alpha value is -0.820. The molecule has 0 aliphatic carbocycles.